The van der Waals surface area contributed by atoms with E-state index in [0.29, 0.717) is 11.8 Å². The van der Waals surface area contributed by atoms with E-state index >= 15 is 0 Å². The third kappa shape index (κ3) is 2.24. The number of hydrogen-bond acceptors (Lipinski definition) is 2. The molecule has 0 aliphatic heterocycles. The van der Waals surface area contributed by atoms with Crippen molar-refractivity contribution < 1.29 is 10.2 Å². The molecule has 120 valence electrons. The van der Waals surface area contributed by atoms with E-state index in [1.807, 2.05) is 0 Å². The summed E-state index contributed by atoms with van der Waals surface area (Å²) >= 11 is 0. The van der Waals surface area contributed by atoms with Gasteiger partial charge in [0.15, 0.2) is 0 Å². The molecule has 0 radical (unpaired) electrons. The van der Waals surface area contributed by atoms with Crippen LogP contribution >= 0.6 is 0 Å². The first kappa shape index (κ1) is 15.8. The highest BCUT2D eigenvalue weighted by Gasteiger charge is 2.57. The zero-order valence-corrected chi connectivity index (χ0v) is 13.8. The van der Waals surface area contributed by atoms with Crippen LogP contribution in [0.25, 0.3) is 0 Å². The van der Waals surface area contributed by atoms with Gasteiger partial charge in [0.1, 0.15) is 6.10 Å². The van der Waals surface area contributed by atoms with E-state index < -0.39 is 12.2 Å². The van der Waals surface area contributed by atoms with E-state index in [-0.39, 0.29) is 11.3 Å². The molecule has 3 aliphatic carbocycles. The van der Waals surface area contributed by atoms with Gasteiger partial charge >= 0.3 is 0 Å². The maximum absolute atomic E-state index is 10.8. The average molecular weight is 300 g/mol. The van der Waals surface area contributed by atoms with Crippen LogP contribution in [0.15, 0.2) is 48.1 Å². The highest BCUT2D eigenvalue weighted by Crippen LogP contribution is 2.59. The summed E-state index contributed by atoms with van der Waals surface area (Å²) in [4.78, 5) is 0. The van der Waals surface area contributed by atoms with Gasteiger partial charge in [0.05, 0.1) is 6.10 Å². The summed E-state index contributed by atoms with van der Waals surface area (Å²) in [5.41, 5.74) is 2.73. The second-order valence-electron chi connectivity index (χ2n) is 7.76. The standard InChI is InChI=1S/C20H28O2/c1-12-6-5-7-13(2)15-10-11-20(4)17(15)14(3)16(9-8-12)18(21)19(20)22/h5,7,9,12,15,17-19,21-22H,2-3,6,8,10-11H2,1,4H3/b7-5-,16-9+/t12-,15-,17+,18+,19-,20-/m0/s1. The summed E-state index contributed by atoms with van der Waals surface area (Å²) in [7, 11) is 0. The Hall–Kier alpha value is -1.12. The van der Waals surface area contributed by atoms with E-state index in [9.17, 15) is 10.2 Å². The average Bonchev–Trinajstić information content (AvgIpc) is 2.83. The maximum Gasteiger partial charge on any atom is 0.105 e. The van der Waals surface area contributed by atoms with Crippen molar-refractivity contribution in [1.29, 1.82) is 0 Å². The molecule has 2 fully saturated rings. The Labute approximate surface area is 133 Å². The van der Waals surface area contributed by atoms with Gasteiger partial charge in [0.25, 0.3) is 0 Å². The minimum absolute atomic E-state index is 0.183. The lowest BCUT2D eigenvalue weighted by Gasteiger charge is -2.47. The Bertz CT molecular complexity index is 556. The van der Waals surface area contributed by atoms with Crippen molar-refractivity contribution in [3.05, 3.63) is 48.1 Å². The molecule has 6 atom stereocenters. The van der Waals surface area contributed by atoms with Crippen LogP contribution in [0.4, 0.5) is 0 Å². The van der Waals surface area contributed by atoms with Crippen molar-refractivity contribution in [2.75, 3.05) is 0 Å². The van der Waals surface area contributed by atoms with Crippen LogP contribution in [0.5, 0.6) is 0 Å². The van der Waals surface area contributed by atoms with Crippen molar-refractivity contribution in [2.45, 2.75) is 51.7 Å². The molecule has 0 amide bonds. The fourth-order valence-corrected chi connectivity index (χ4v) is 4.77. The molecule has 0 unspecified atom stereocenters. The van der Waals surface area contributed by atoms with Gasteiger partial charge in [-0.15, -0.1) is 0 Å². The molecule has 0 aromatic heterocycles. The first-order valence-corrected chi connectivity index (χ1v) is 8.47. The van der Waals surface area contributed by atoms with Crippen LogP contribution in [0.1, 0.15) is 39.5 Å². The minimum atomic E-state index is -0.804. The number of hydrogen-bond donors (Lipinski definition) is 2. The molecule has 2 heteroatoms. The smallest absolute Gasteiger partial charge is 0.105 e. The zero-order valence-electron chi connectivity index (χ0n) is 13.8. The number of fused-ring (bicyclic) bond motifs is 1. The van der Waals surface area contributed by atoms with Gasteiger partial charge in [-0.1, -0.05) is 50.8 Å². The Kier molecular flexibility index (Phi) is 3.94. The van der Waals surface area contributed by atoms with Gasteiger partial charge in [-0.05, 0) is 54.6 Å². The first-order valence-electron chi connectivity index (χ1n) is 8.47. The normalized spacial score (nSPS) is 49.3. The van der Waals surface area contributed by atoms with Crippen molar-refractivity contribution in [3.8, 4) is 0 Å². The molecule has 0 spiro atoms. The highest BCUT2D eigenvalue weighted by atomic mass is 16.3. The molecule has 0 heterocycles. The van der Waals surface area contributed by atoms with Crippen molar-refractivity contribution in [2.24, 2.45) is 23.2 Å². The van der Waals surface area contributed by atoms with Crippen LogP contribution in [0.3, 0.4) is 0 Å². The van der Waals surface area contributed by atoms with Crippen molar-refractivity contribution in [1.82, 2.24) is 0 Å². The molecule has 3 aliphatic rings. The Balaban J connectivity index is 2.10. The highest BCUT2D eigenvalue weighted by molar-refractivity contribution is 5.44. The molecule has 3 rings (SSSR count). The zero-order chi connectivity index (χ0) is 16.1. The Morgan fingerprint density at radius 2 is 1.95 bits per heavy atom. The second kappa shape index (κ2) is 5.50. The van der Waals surface area contributed by atoms with Crippen molar-refractivity contribution >= 4 is 0 Å². The van der Waals surface area contributed by atoms with Gasteiger partial charge in [0, 0.05) is 5.41 Å². The number of aliphatic hydroxyl groups excluding tert-OH is 2. The summed E-state index contributed by atoms with van der Waals surface area (Å²) in [5.74, 6) is 1.02. The summed E-state index contributed by atoms with van der Waals surface area (Å²) in [6.45, 7) is 12.9. The lowest BCUT2D eigenvalue weighted by atomic mass is 9.60. The Morgan fingerprint density at radius 3 is 2.68 bits per heavy atom. The summed E-state index contributed by atoms with van der Waals surface area (Å²) < 4.78 is 0. The van der Waals surface area contributed by atoms with E-state index in [2.05, 4.69) is 45.2 Å². The van der Waals surface area contributed by atoms with Crippen molar-refractivity contribution in [3.63, 3.8) is 0 Å². The second-order valence-corrected chi connectivity index (χ2v) is 7.76. The Morgan fingerprint density at radius 1 is 1.23 bits per heavy atom. The lowest BCUT2D eigenvalue weighted by molar-refractivity contribution is -0.0697. The molecule has 2 N–H and O–H groups in total. The number of allylic oxidation sites excluding steroid dienone is 4. The van der Waals surface area contributed by atoms with Gasteiger partial charge in [-0.2, -0.15) is 0 Å². The summed E-state index contributed by atoms with van der Waals surface area (Å²) in [6, 6.07) is 0. The van der Waals surface area contributed by atoms with Gasteiger partial charge in [-0.3, -0.25) is 0 Å². The predicted octanol–water partition coefficient (Wildman–Crippen LogP) is 3.78. The number of aliphatic hydroxyl groups is 2. The van der Waals surface area contributed by atoms with Crippen LogP contribution < -0.4 is 0 Å². The van der Waals surface area contributed by atoms with Crippen LogP contribution in [-0.2, 0) is 0 Å². The van der Waals surface area contributed by atoms with Crippen LogP contribution in [0, 0.1) is 23.2 Å². The molecular formula is C20H28O2. The summed E-state index contributed by atoms with van der Waals surface area (Å²) in [6.07, 6.45) is 8.83. The largest absolute Gasteiger partial charge is 0.389 e. The third-order valence-corrected chi connectivity index (χ3v) is 6.23. The van der Waals surface area contributed by atoms with E-state index in [0.717, 1.165) is 42.4 Å². The molecule has 2 saturated carbocycles. The molecule has 2 bridgehead atoms. The molecule has 2 nitrogen and oxygen atoms in total. The topological polar surface area (TPSA) is 40.5 Å². The first-order chi connectivity index (χ1) is 10.4. The fourth-order valence-electron chi connectivity index (χ4n) is 4.77. The van der Waals surface area contributed by atoms with Gasteiger partial charge in [-0.25, -0.2) is 0 Å². The van der Waals surface area contributed by atoms with E-state index in [1.54, 1.807) is 0 Å². The van der Waals surface area contributed by atoms with Gasteiger partial charge in [0.2, 0.25) is 0 Å². The van der Waals surface area contributed by atoms with Crippen LogP contribution in [0.2, 0.25) is 0 Å². The SMILES string of the molecule is C=C1/C2=C\C[C@@H](C)C/C=C\C(=C)[C@@H]3CC[C@@](C)([C@H]13)[C@@H](O)[C@@H]2O. The van der Waals surface area contributed by atoms with Crippen LogP contribution in [-0.4, -0.2) is 22.4 Å². The molecule has 22 heavy (non-hydrogen) atoms. The molecule has 0 aromatic carbocycles. The van der Waals surface area contributed by atoms with Gasteiger partial charge < -0.3 is 10.2 Å². The lowest BCUT2D eigenvalue weighted by Crippen LogP contribution is -2.51. The molecule has 0 aromatic rings. The maximum atomic E-state index is 10.8. The number of rotatable bonds is 0. The third-order valence-electron chi connectivity index (χ3n) is 6.23. The minimum Gasteiger partial charge on any atom is -0.389 e. The molecule has 0 saturated heterocycles. The molecular weight excluding hydrogens is 272 g/mol. The summed E-state index contributed by atoms with van der Waals surface area (Å²) in [5, 5.41) is 21.4. The van der Waals surface area contributed by atoms with E-state index in [1.165, 1.54) is 0 Å². The predicted molar refractivity (Wildman–Crippen MR) is 90.2 cm³/mol. The quantitative estimate of drug-likeness (QED) is 0.715. The monoisotopic (exact) mass is 300 g/mol. The van der Waals surface area contributed by atoms with E-state index in [4.69, 9.17) is 0 Å². The fraction of sp³-hybridized carbons (Fsp3) is 0.600.